The van der Waals surface area contributed by atoms with E-state index in [1.165, 1.54) is 18.2 Å². The summed E-state index contributed by atoms with van der Waals surface area (Å²) in [6.07, 6.45) is 1.82. The minimum absolute atomic E-state index is 0.0992. The summed E-state index contributed by atoms with van der Waals surface area (Å²) in [4.78, 5) is 18.8. The largest absolute Gasteiger partial charge is 0.465 e. The molecule has 5 rings (SSSR count). The molecule has 2 aromatic heterocycles. The minimum Gasteiger partial charge on any atom is -0.465 e. The Hall–Kier alpha value is -3.97. The van der Waals surface area contributed by atoms with Gasteiger partial charge in [0.25, 0.3) is 0 Å². The quantitative estimate of drug-likeness (QED) is 0.260. The van der Waals surface area contributed by atoms with Gasteiger partial charge in [-0.15, -0.1) is 0 Å². The van der Waals surface area contributed by atoms with E-state index < -0.39 is 0 Å². The Morgan fingerprint density at radius 2 is 1.65 bits per heavy atom. The minimum atomic E-state index is -0.346. The van der Waals surface area contributed by atoms with E-state index in [9.17, 15) is 4.79 Å². The highest BCUT2D eigenvalue weighted by Gasteiger charge is 2.42. The Morgan fingerprint density at radius 1 is 0.946 bits per heavy atom. The highest BCUT2D eigenvalue weighted by Crippen LogP contribution is 2.44. The summed E-state index contributed by atoms with van der Waals surface area (Å²) in [6.45, 7) is 8.45. The number of thiocarbonyl (C=S) groups is 1. The third kappa shape index (κ3) is 4.51. The number of carbonyl (C=O) groups excluding carboxylic acids is 1. The van der Waals surface area contributed by atoms with Gasteiger partial charge in [-0.3, -0.25) is 4.98 Å². The second-order valence-corrected chi connectivity index (χ2v) is 9.93. The maximum atomic E-state index is 11.9. The average molecular weight is 511 g/mol. The zero-order chi connectivity index (χ0) is 26.3. The van der Waals surface area contributed by atoms with Crippen LogP contribution in [0.2, 0.25) is 0 Å². The molecule has 0 saturated carbocycles. The molecule has 4 aromatic rings. The van der Waals surface area contributed by atoms with E-state index in [0.717, 1.165) is 34.0 Å². The number of methoxy groups -OCH3 is 1. The van der Waals surface area contributed by atoms with Gasteiger partial charge in [0, 0.05) is 29.0 Å². The molecule has 0 aliphatic carbocycles. The van der Waals surface area contributed by atoms with Gasteiger partial charge in [0.2, 0.25) is 0 Å². The number of nitrogens with zero attached hydrogens (tertiary/aromatic N) is 3. The Bertz CT molecular complexity index is 1460. The molecule has 7 heteroatoms. The van der Waals surface area contributed by atoms with Crippen LogP contribution in [-0.2, 0) is 4.74 Å². The fraction of sp³-hybridized carbons (Fsp3) is 0.233. The third-order valence-corrected chi connectivity index (χ3v) is 7.23. The highest BCUT2D eigenvalue weighted by atomic mass is 32.1. The number of hydrogen-bond acceptors (Lipinski definition) is 4. The lowest BCUT2D eigenvalue weighted by Gasteiger charge is -2.29. The first-order valence-corrected chi connectivity index (χ1v) is 12.7. The number of anilines is 1. The topological polar surface area (TPSA) is 59.4 Å². The van der Waals surface area contributed by atoms with E-state index in [1.54, 1.807) is 12.1 Å². The van der Waals surface area contributed by atoms with Gasteiger partial charge in [0.05, 0.1) is 30.5 Å². The Labute approximate surface area is 222 Å². The summed E-state index contributed by atoms with van der Waals surface area (Å²) in [5.74, 6) is -0.346. The second kappa shape index (κ2) is 9.82. The van der Waals surface area contributed by atoms with Crippen molar-refractivity contribution < 1.29 is 9.53 Å². The molecule has 0 radical (unpaired) electrons. The van der Waals surface area contributed by atoms with Gasteiger partial charge in [-0.25, -0.2) is 4.79 Å². The Kier molecular flexibility index (Phi) is 6.56. The van der Waals surface area contributed by atoms with Crippen LogP contribution in [0.3, 0.4) is 0 Å². The summed E-state index contributed by atoms with van der Waals surface area (Å²) in [5.41, 5.74) is 9.25. The maximum absolute atomic E-state index is 11.9. The summed E-state index contributed by atoms with van der Waals surface area (Å²) in [7, 11) is 1.39. The van der Waals surface area contributed by atoms with E-state index in [2.05, 4.69) is 71.7 Å². The molecule has 2 aromatic carbocycles. The molecule has 1 saturated heterocycles. The lowest BCUT2D eigenvalue weighted by molar-refractivity contribution is 0.0600. The van der Waals surface area contributed by atoms with E-state index >= 15 is 0 Å². The normalized spacial score (nSPS) is 17.1. The second-order valence-electron chi connectivity index (χ2n) is 9.54. The van der Waals surface area contributed by atoms with Gasteiger partial charge in [-0.05, 0) is 111 Å². The van der Waals surface area contributed by atoms with Gasteiger partial charge in [-0.2, -0.15) is 0 Å². The number of benzene rings is 2. The summed E-state index contributed by atoms with van der Waals surface area (Å²) < 4.78 is 7.07. The molecule has 188 valence electrons. The molecule has 2 unspecified atom stereocenters. The lowest BCUT2D eigenvalue weighted by atomic mass is 9.96. The van der Waals surface area contributed by atoms with Gasteiger partial charge in [0.1, 0.15) is 0 Å². The molecule has 6 nitrogen and oxygen atoms in total. The monoisotopic (exact) mass is 510 g/mol. The molecule has 1 N–H and O–H groups in total. The predicted molar refractivity (Wildman–Crippen MR) is 150 cm³/mol. The van der Waals surface area contributed by atoms with Crippen LogP contribution in [0.4, 0.5) is 5.69 Å². The molecule has 1 aliphatic heterocycles. The first-order chi connectivity index (χ1) is 17.8. The van der Waals surface area contributed by atoms with Crippen LogP contribution in [0.5, 0.6) is 0 Å². The van der Waals surface area contributed by atoms with Gasteiger partial charge >= 0.3 is 5.97 Å². The first kappa shape index (κ1) is 24.7. The number of nitrogens with one attached hydrogen (secondary N) is 1. The summed E-state index contributed by atoms with van der Waals surface area (Å²) in [5, 5.41) is 4.24. The molecule has 2 atom stereocenters. The maximum Gasteiger partial charge on any atom is 0.337 e. The average Bonchev–Trinajstić information content (AvgIpc) is 3.38. The van der Waals surface area contributed by atoms with Crippen molar-refractivity contribution in [3.8, 4) is 5.69 Å². The number of hydrogen-bond donors (Lipinski definition) is 1. The molecule has 0 amide bonds. The number of pyridine rings is 1. The van der Waals surface area contributed by atoms with Crippen LogP contribution >= 0.6 is 12.2 Å². The highest BCUT2D eigenvalue weighted by molar-refractivity contribution is 7.80. The van der Waals surface area contributed by atoms with Gasteiger partial charge in [-0.1, -0.05) is 12.1 Å². The van der Waals surface area contributed by atoms with Gasteiger partial charge in [0.15, 0.2) is 5.11 Å². The molecule has 0 bridgehead atoms. The van der Waals surface area contributed by atoms with Crippen molar-refractivity contribution in [2.75, 3.05) is 12.0 Å². The summed E-state index contributed by atoms with van der Waals surface area (Å²) in [6, 6.07) is 22.0. The van der Waals surface area contributed by atoms with Crippen molar-refractivity contribution in [2.24, 2.45) is 0 Å². The zero-order valence-corrected chi connectivity index (χ0v) is 22.5. The number of carbonyl (C=O) groups is 1. The van der Waals surface area contributed by atoms with Gasteiger partial charge < -0.3 is 19.5 Å². The number of aromatic nitrogens is 2. The van der Waals surface area contributed by atoms with Crippen LogP contribution in [0.15, 0.2) is 72.9 Å². The van der Waals surface area contributed by atoms with Crippen LogP contribution in [-0.4, -0.2) is 27.7 Å². The molecule has 1 aliphatic rings. The number of ether oxygens (including phenoxy) is 1. The molecular formula is C30H30N4O2S. The molecule has 3 heterocycles. The van der Waals surface area contributed by atoms with E-state index in [4.69, 9.17) is 17.0 Å². The number of esters is 1. The summed E-state index contributed by atoms with van der Waals surface area (Å²) >= 11 is 5.93. The zero-order valence-electron chi connectivity index (χ0n) is 21.6. The van der Waals surface area contributed by atoms with Crippen LogP contribution in [0, 0.1) is 27.7 Å². The van der Waals surface area contributed by atoms with E-state index in [0.29, 0.717) is 10.7 Å². The van der Waals surface area contributed by atoms with Crippen molar-refractivity contribution in [2.45, 2.75) is 39.8 Å². The molecule has 1 fully saturated rings. The first-order valence-electron chi connectivity index (χ1n) is 12.2. The number of rotatable bonds is 5. The van der Waals surface area contributed by atoms with Crippen LogP contribution in [0.1, 0.15) is 56.2 Å². The lowest BCUT2D eigenvalue weighted by Crippen LogP contribution is -2.29. The van der Waals surface area contributed by atoms with Crippen molar-refractivity contribution in [1.82, 2.24) is 14.9 Å². The third-order valence-electron chi connectivity index (χ3n) is 6.92. The molecular weight excluding hydrogens is 480 g/mol. The van der Waals surface area contributed by atoms with Crippen LogP contribution < -0.4 is 10.2 Å². The molecule has 0 spiro atoms. The standard InChI is InChI=1S/C30H30N4O2S/c1-18-14-19(2)16-24(15-18)34-28(27(32-30(34)37)26-8-6-7-13-31-26)25-17-20(3)33(21(25)4)23-11-9-22(10-12-23)29(35)36-5/h6-17,27-28H,1-5H3,(H,32,37). The SMILES string of the molecule is COC(=O)c1ccc(-n2c(C)cc(C3C(c4ccccn4)NC(=S)N3c3cc(C)cc(C)c3)c2C)cc1. The molecule has 37 heavy (non-hydrogen) atoms. The fourth-order valence-electron chi connectivity index (χ4n) is 5.39. The van der Waals surface area contributed by atoms with Crippen LogP contribution in [0.25, 0.3) is 5.69 Å². The van der Waals surface area contributed by atoms with Crippen molar-refractivity contribution in [3.63, 3.8) is 0 Å². The predicted octanol–water partition coefficient (Wildman–Crippen LogP) is 6.07. The van der Waals surface area contributed by atoms with Crippen molar-refractivity contribution in [3.05, 3.63) is 112 Å². The van der Waals surface area contributed by atoms with Crippen molar-refractivity contribution in [1.29, 1.82) is 0 Å². The smallest absolute Gasteiger partial charge is 0.337 e. The van der Waals surface area contributed by atoms with E-state index in [1.807, 2.05) is 36.5 Å². The Morgan fingerprint density at radius 3 is 2.27 bits per heavy atom. The Balaban J connectivity index is 1.65. The fourth-order valence-corrected chi connectivity index (χ4v) is 5.73. The number of aryl methyl sites for hydroxylation is 3. The van der Waals surface area contributed by atoms with E-state index in [-0.39, 0.29) is 18.1 Å². The van der Waals surface area contributed by atoms with Crippen molar-refractivity contribution >= 4 is 29.0 Å².